The summed E-state index contributed by atoms with van der Waals surface area (Å²) < 4.78 is 26.7. The molecule has 0 bridgehead atoms. The zero-order valence-corrected chi connectivity index (χ0v) is 26.8. The quantitative estimate of drug-likeness (QED) is 0.265. The minimum atomic E-state index is -3.97. The van der Waals surface area contributed by atoms with Crippen molar-refractivity contribution in [1.29, 1.82) is 0 Å². The molecule has 1 N–H and O–H groups in total. The highest BCUT2D eigenvalue weighted by Gasteiger charge is 2.34. The molecule has 0 aliphatic heterocycles. The Bertz CT molecular complexity index is 1490. The normalized spacial score (nSPS) is 12.5. The van der Waals surface area contributed by atoms with E-state index in [0.717, 1.165) is 16.1 Å². The molecule has 0 aliphatic rings. The average Bonchev–Trinajstić information content (AvgIpc) is 2.85. The number of nitrogens with zero attached hydrogens (tertiary/aromatic N) is 2. The van der Waals surface area contributed by atoms with Crippen LogP contribution in [0.2, 0.25) is 20.1 Å². The Kier molecular flexibility index (Phi) is 11.0. The molecule has 1 unspecified atom stereocenters. The third-order valence-electron chi connectivity index (χ3n) is 5.92. The van der Waals surface area contributed by atoms with E-state index in [9.17, 15) is 18.0 Å². The fraction of sp³-hybridized carbons (Fsp3) is 0.310. The molecule has 2 amide bonds. The van der Waals surface area contributed by atoms with E-state index in [2.05, 4.69) is 5.32 Å². The van der Waals surface area contributed by atoms with Crippen LogP contribution in [0.5, 0.6) is 0 Å². The summed E-state index contributed by atoms with van der Waals surface area (Å²) in [5.41, 5.74) is 0.938. The number of rotatable bonds is 10. The van der Waals surface area contributed by atoms with E-state index in [1.165, 1.54) is 23.1 Å². The number of sulfonamides is 1. The number of nitrogens with one attached hydrogen (secondary N) is 1. The van der Waals surface area contributed by atoms with Crippen LogP contribution in [-0.4, -0.2) is 49.5 Å². The van der Waals surface area contributed by atoms with Crippen LogP contribution in [0.3, 0.4) is 0 Å². The van der Waals surface area contributed by atoms with Crippen LogP contribution in [0.4, 0.5) is 5.69 Å². The fourth-order valence-electron chi connectivity index (χ4n) is 4.14. The van der Waals surface area contributed by atoms with Crippen molar-refractivity contribution < 1.29 is 18.0 Å². The van der Waals surface area contributed by atoms with E-state index < -0.39 is 40.0 Å². The first kappa shape index (κ1) is 33.0. The van der Waals surface area contributed by atoms with Gasteiger partial charge in [0.25, 0.3) is 0 Å². The lowest BCUT2D eigenvalue weighted by Crippen LogP contribution is -2.56. The maximum Gasteiger partial charge on any atom is 0.244 e. The summed E-state index contributed by atoms with van der Waals surface area (Å²) in [5.74, 6) is -1.02. The van der Waals surface area contributed by atoms with Crippen LogP contribution < -0.4 is 9.62 Å². The van der Waals surface area contributed by atoms with Gasteiger partial charge in [0.05, 0.1) is 22.0 Å². The van der Waals surface area contributed by atoms with E-state index in [-0.39, 0.29) is 33.7 Å². The topological polar surface area (TPSA) is 86.8 Å². The van der Waals surface area contributed by atoms with E-state index in [0.29, 0.717) is 10.6 Å². The van der Waals surface area contributed by atoms with Gasteiger partial charge in [-0.1, -0.05) is 82.8 Å². The Morgan fingerprint density at radius 1 is 0.854 bits per heavy atom. The van der Waals surface area contributed by atoms with Crippen molar-refractivity contribution >= 4 is 73.9 Å². The zero-order valence-electron chi connectivity index (χ0n) is 23.0. The Labute approximate surface area is 261 Å². The lowest BCUT2D eigenvalue weighted by molar-refractivity contribution is -0.140. The largest absolute Gasteiger partial charge is 0.350 e. The van der Waals surface area contributed by atoms with E-state index >= 15 is 0 Å². The predicted octanol–water partition coefficient (Wildman–Crippen LogP) is 6.62. The Hall–Kier alpha value is -2.49. The third kappa shape index (κ3) is 9.79. The van der Waals surface area contributed by atoms with Crippen LogP contribution in [0.25, 0.3) is 0 Å². The van der Waals surface area contributed by atoms with Gasteiger partial charge in [0.2, 0.25) is 21.8 Å². The van der Waals surface area contributed by atoms with Gasteiger partial charge < -0.3 is 10.2 Å². The summed E-state index contributed by atoms with van der Waals surface area (Å²) in [6, 6.07) is 17.4. The molecule has 41 heavy (non-hydrogen) atoms. The third-order valence-corrected chi connectivity index (χ3v) is 8.24. The number of amides is 2. The molecule has 3 rings (SSSR count). The molecule has 0 radical (unpaired) electrons. The van der Waals surface area contributed by atoms with Gasteiger partial charge in [-0.25, -0.2) is 8.42 Å². The number of hydrogen-bond donors (Lipinski definition) is 1. The van der Waals surface area contributed by atoms with Gasteiger partial charge in [0, 0.05) is 28.5 Å². The van der Waals surface area contributed by atoms with Gasteiger partial charge >= 0.3 is 0 Å². The molecule has 0 aromatic heterocycles. The lowest BCUT2D eigenvalue weighted by Gasteiger charge is -2.35. The molecular formula is C29H31Cl4N3O4S. The maximum absolute atomic E-state index is 14.1. The van der Waals surface area contributed by atoms with Gasteiger partial charge in [-0.05, 0) is 62.2 Å². The van der Waals surface area contributed by atoms with Gasteiger partial charge in [-0.3, -0.25) is 13.9 Å². The van der Waals surface area contributed by atoms with Crippen molar-refractivity contribution in [3.05, 3.63) is 97.9 Å². The molecule has 0 spiro atoms. The van der Waals surface area contributed by atoms with Gasteiger partial charge in [0.1, 0.15) is 12.6 Å². The van der Waals surface area contributed by atoms with Crippen molar-refractivity contribution in [2.24, 2.45) is 0 Å². The minimum absolute atomic E-state index is 0.0430. The minimum Gasteiger partial charge on any atom is -0.350 e. The number of hydrogen-bond acceptors (Lipinski definition) is 4. The molecular weight excluding hydrogens is 628 g/mol. The van der Waals surface area contributed by atoms with Crippen LogP contribution >= 0.6 is 46.4 Å². The molecule has 7 nitrogen and oxygen atoms in total. The van der Waals surface area contributed by atoms with E-state index in [1.54, 1.807) is 18.2 Å². The highest BCUT2D eigenvalue weighted by atomic mass is 35.5. The Balaban J connectivity index is 2.11. The van der Waals surface area contributed by atoms with Gasteiger partial charge in [-0.15, -0.1) is 0 Å². The van der Waals surface area contributed by atoms with Gasteiger partial charge in [0.15, 0.2) is 0 Å². The summed E-state index contributed by atoms with van der Waals surface area (Å²) in [6.07, 6.45) is 1.16. The summed E-state index contributed by atoms with van der Waals surface area (Å²) in [5, 5.41) is 3.98. The summed E-state index contributed by atoms with van der Waals surface area (Å²) in [6.45, 7) is 4.86. The second-order valence-electron chi connectivity index (χ2n) is 10.6. The molecule has 0 aliphatic carbocycles. The van der Waals surface area contributed by atoms with E-state index in [1.807, 2.05) is 51.1 Å². The van der Waals surface area contributed by atoms with Crippen molar-refractivity contribution in [2.75, 3.05) is 17.1 Å². The number of anilines is 1. The monoisotopic (exact) mass is 657 g/mol. The van der Waals surface area contributed by atoms with Crippen LogP contribution in [0, 0.1) is 0 Å². The van der Waals surface area contributed by atoms with Gasteiger partial charge in [-0.2, -0.15) is 0 Å². The molecule has 1 atom stereocenters. The SMILES string of the molecule is CC(C)(C)NC(=O)C(Cc1ccccc1)N(Cc1ccc(Cl)c(Cl)c1)C(=O)CN(c1cc(Cl)cc(Cl)c1)S(C)(=O)=O. The summed E-state index contributed by atoms with van der Waals surface area (Å²) in [7, 11) is -3.97. The fourth-order valence-corrected chi connectivity index (χ4v) is 5.81. The molecule has 3 aromatic carbocycles. The number of benzene rings is 3. The molecule has 0 fully saturated rings. The lowest BCUT2D eigenvalue weighted by atomic mass is 10.0. The second-order valence-corrected chi connectivity index (χ2v) is 14.2. The average molecular weight is 659 g/mol. The van der Waals surface area contributed by atoms with Crippen LogP contribution in [0.1, 0.15) is 31.9 Å². The van der Waals surface area contributed by atoms with E-state index in [4.69, 9.17) is 46.4 Å². The van der Waals surface area contributed by atoms with Crippen molar-refractivity contribution in [3.63, 3.8) is 0 Å². The molecule has 0 heterocycles. The summed E-state index contributed by atoms with van der Waals surface area (Å²) in [4.78, 5) is 29.2. The smallest absolute Gasteiger partial charge is 0.244 e. The Morgan fingerprint density at radius 3 is 2.00 bits per heavy atom. The first-order chi connectivity index (χ1) is 19.0. The second kappa shape index (κ2) is 13.7. The number of carbonyl (C=O) groups excluding carboxylic acids is 2. The molecule has 12 heteroatoms. The molecule has 3 aromatic rings. The standard InChI is InChI=1S/C29H31Cl4N3O4S/c1-29(2,3)34-28(38)26(13-19-8-6-5-7-9-19)35(17-20-10-11-24(32)25(33)12-20)27(37)18-36(41(4,39)40)23-15-21(30)14-22(31)16-23/h5-12,14-16,26H,13,17-18H2,1-4H3,(H,34,38). The highest BCUT2D eigenvalue weighted by Crippen LogP contribution is 2.28. The summed E-state index contributed by atoms with van der Waals surface area (Å²) >= 11 is 24.7. The zero-order chi connectivity index (χ0) is 30.5. The van der Waals surface area contributed by atoms with Crippen molar-refractivity contribution in [3.8, 4) is 0 Å². The first-order valence-electron chi connectivity index (χ1n) is 12.6. The highest BCUT2D eigenvalue weighted by molar-refractivity contribution is 7.92. The molecule has 0 saturated heterocycles. The Morgan fingerprint density at radius 2 is 1.46 bits per heavy atom. The van der Waals surface area contributed by atoms with Crippen LogP contribution in [0.15, 0.2) is 66.7 Å². The van der Waals surface area contributed by atoms with Crippen molar-refractivity contribution in [2.45, 2.75) is 45.3 Å². The number of halogens is 4. The van der Waals surface area contributed by atoms with Crippen LogP contribution in [-0.2, 0) is 32.6 Å². The first-order valence-corrected chi connectivity index (χ1v) is 15.9. The maximum atomic E-state index is 14.1. The molecule has 220 valence electrons. The van der Waals surface area contributed by atoms with Crippen molar-refractivity contribution in [1.82, 2.24) is 10.2 Å². The molecule has 0 saturated carbocycles. The number of carbonyl (C=O) groups is 2. The predicted molar refractivity (Wildman–Crippen MR) is 167 cm³/mol.